The molecule has 146 valence electrons. The molecule has 1 amide bonds. The molecule has 28 heavy (non-hydrogen) atoms. The third kappa shape index (κ3) is 4.19. The molecule has 0 bridgehead atoms. The second-order valence-corrected chi connectivity index (χ2v) is 7.82. The highest BCUT2D eigenvalue weighted by Gasteiger charge is 2.43. The van der Waals surface area contributed by atoms with Crippen LogP contribution in [0.5, 0.6) is 0 Å². The number of pyridine rings is 1. The molecule has 0 radical (unpaired) electrons. The van der Waals surface area contributed by atoms with Gasteiger partial charge in [0.15, 0.2) is 5.78 Å². The monoisotopic (exact) mass is 378 g/mol. The molecule has 0 spiro atoms. The van der Waals surface area contributed by atoms with Gasteiger partial charge in [0, 0.05) is 25.0 Å². The minimum absolute atomic E-state index is 0.0386. The summed E-state index contributed by atoms with van der Waals surface area (Å²) < 4.78 is 0. The summed E-state index contributed by atoms with van der Waals surface area (Å²) in [5.74, 6) is -1.74. The number of ketones is 2. The van der Waals surface area contributed by atoms with E-state index in [0.29, 0.717) is 6.54 Å². The Labute approximate surface area is 165 Å². The number of nitrogens with zero attached hydrogens (tertiary/aromatic N) is 1. The summed E-state index contributed by atoms with van der Waals surface area (Å²) in [4.78, 5) is 42.1. The first-order valence-corrected chi connectivity index (χ1v) is 9.58. The average Bonchev–Trinajstić information content (AvgIpc) is 2.88. The van der Waals surface area contributed by atoms with Gasteiger partial charge in [-0.2, -0.15) is 0 Å². The molecule has 1 aromatic carbocycles. The van der Waals surface area contributed by atoms with Gasteiger partial charge in [0.1, 0.15) is 11.7 Å². The van der Waals surface area contributed by atoms with Gasteiger partial charge in [0.25, 0.3) is 0 Å². The van der Waals surface area contributed by atoms with E-state index in [-0.39, 0.29) is 30.3 Å². The molecule has 2 atom stereocenters. The number of hydrogen-bond acceptors (Lipinski definition) is 4. The molecule has 0 saturated heterocycles. The molecule has 0 aliphatic heterocycles. The third-order valence-corrected chi connectivity index (χ3v) is 5.35. The highest BCUT2D eigenvalue weighted by Crippen LogP contribution is 2.37. The summed E-state index contributed by atoms with van der Waals surface area (Å²) in [5, 5.41) is 2.80. The first kappa shape index (κ1) is 19.9. The topological polar surface area (TPSA) is 76.1 Å². The van der Waals surface area contributed by atoms with Crippen LogP contribution < -0.4 is 5.32 Å². The molecule has 1 heterocycles. The van der Waals surface area contributed by atoms with E-state index in [9.17, 15) is 14.4 Å². The fraction of sp³-hybridized carbons (Fsp3) is 0.391. The molecule has 1 aliphatic rings. The number of hydrogen-bond donors (Lipinski definition) is 1. The zero-order valence-electron chi connectivity index (χ0n) is 16.8. The highest BCUT2D eigenvalue weighted by atomic mass is 16.2. The smallest absolute Gasteiger partial charge is 0.221 e. The third-order valence-electron chi connectivity index (χ3n) is 5.35. The summed E-state index contributed by atoms with van der Waals surface area (Å²) in [5.41, 5.74) is 5.65. The Morgan fingerprint density at radius 3 is 2.36 bits per heavy atom. The molecule has 2 unspecified atom stereocenters. The van der Waals surface area contributed by atoms with E-state index < -0.39 is 11.8 Å². The zero-order valence-corrected chi connectivity index (χ0v) is 16.8. The Hall–Kier alpha value is -2.82. The molecule has 3 rings (SSSR count). The molecule has 5 nitrogen and oxygen atoms in total. The fourth-order valence-corrected chi connectivity index (χ4v) is 4.07. The summed E-state index contributed by atoms with van der Waals surface area (Å²) in [6.07, 6.45) is 1.92. The van der Waals surface area contributed by atoms with Crippen LogP contribution in [0.2, 0.25) is 0 Å². The molecule has 5 heteroatoms. The quantitative estimate of drug-likeness (QED) is 0.810. The number of aryl methyl sites for hydroxylation is 4. The summed E-state index contributed by atoms with van der Waals surface area (Å²) in [7, 11) is 0. The number of benzene rings is 1. The number of rotatable bonds is 5. The predicted octanol–water partition coefficient (Wildman–Crippen LogP) is 3.26. The van der Waals surface area contributed by atoms with Gasteiger partial charge in [-0.3, -0.25) is 19.4 Å². The van der Waals surface area contributed by atoms with Gasteiger partial charge < -0.3 is 5.32 Å². The first-order valence-electron chi connectivity index (χ1n) is 9.58. The Bertz CT molecular complexity index is 908. The van der Waals surface area contributed by atoms with Crippen molar-refractivity contribution in [2.45, 2.75) is 53.0 Å². The van der Waals surface area contributed by atoms with Crippen LogP contribution in [0.15, 0.2) is 30.5 Å². The largest absolute Gasteiger partial charge is 0.350 e. The lowest BCUT2D eigenvalue weighted by Gasteiger charge is -2.16. The second kappa shape index (κ2) is 8.05. The van der Waals surface area contributed by atoms with Crippen LogP contribution in [-0.4, -0.2) is 22.5 Å². The zero-order chi connectivity index (χ0) is 20.4. The summed E-state index contributed by atoms with van der Waals surface area (Å²) in [6.45, 7) is 8.13. The number of aromatic nitrogens is 1. The van der Waals surface area contributed by atoms with Crippen LogP contribution in [0.25, 0.3) is 0 Å². The van der Waals surface area contributed by atoms with E-state index in [0.717, 1.165) is 33.5 Å². The van der Waals surface area contributed by atoms with Crippen LogP contribution >= 0.6 is 0 Å². The lowest BCUT2D eigenvalue weighted by Crippen LogP contribution is -2.27. The molecule has 1 saturated carbocycles. The number of carbonyl (C=O) groups excluding carboxylic acids is 3. The minimum atomic E-state index is -0.739. The van der Waals surface area contributed by atoms with Crippen LogP contribution in [0, 0.1) is 33.6 Å². The normalized spacial score (nSPS) is 19.1. The van der Waals surface area contributed by atoms with E-state index >= 15 is 0 Å². The molecule has 2 aromatic rings. The van der Waals surface area contributed by atoms with Gasteiger partial charge in [0.2, 0.25) is 5.91 Å². The number of amides is 1. The molecule has 1 N–H and O–H groups in total. The van der Waals surface area contributed by atoms with Crippen molar-refractivity contribution >= 4 is 17.5 Å². The van der Waals surface area contributed by atoms with Gasteiger partial charge in [-0.25, -0.2) is 0 Å². The van der Waals surface area contributed by atoms with Crippen LogP contribution in [-0.2, 0) is 20.9 Å². The van der Waals surface area contributed by atoms with Crippen molar-refractivity contribution in [3.63, 3.8) is 0 Å². The van der Waals surface area contributed by atoms with E-state index in [1.54, 1.807) is 6.20 Å². The van der Waals surface area contributed by atoms with Gasteiger partial charge in [-0.15, -0.1) is 0 Å². The second-order valence-electron chi connectivity index (χ2n) is 7.82. The van der Waals surface area contributed by atoms with Crippen molar-refractivity contribution in [1.29, 1.82) is 0 Å². The maximum absolute atomic E-state index is 12.9. The number of carbonyl (C=O) groups is 3. The molecule has 1 aromatic heterocycles. The van der Waals surface area contributed by atoms with Crippen molar-refractivity contribution in [1.82, 2.24) is 10.3 Å². The van der Waals surface area contributed by atoms with E-state index in [2.05, 4.69) is 10.3 Å². The first-order chi connectivity index (χ1) is 13.3. The Balaban J connectivity index is 1.66. The van der Waals surface area contributed by atoms with Gasteiger partial charge in [-0.05, 0) is 56.0 Å². The molecular weight excluding hydrogens is 352 g/mol. The SMILES string of the molecule is Cc1ccc(CNC(=O)CC2CC(=O)C(c3c(C)cc(C)cc3C)C2=O)nc1. The van der Waals surface area contributed by atoms with Crippen molar-refractivity contribution < 1.29 is 14.4 Å². The van der Waals surface area contributed by atoms with Crippen LogP contribution in [0.1, 0.15) is 52.3 Å². The number of Topliss-reactive ketones (excluding diaryl/α,β-unsaturated/α-hetero) is 2. The molecular formula is C23H26N2O3. The van der Waals surface area contributed by atoms with E-state index in [1.165, 1.54) is 0 Å². The molecule has 1 fully saturated rings. The van der Waals surface area contributed by atoms with E-state index in [4.69, 9.17) is 0 Å². The Morgan fingerprint density at radius 2 is 1.75 bits per heavy atom. The lowest BCUT2D eigenvalue weighted by molar-refractivity contribution is -0.128. The van der Waals surface area contributed by atoms with Crippen molar-refractivity contribution in [2.75, 3.05) is 0 Å². The summed E-state index contributed by atoms with van der Waals surface area (Å²) >= 11 is 0. The Kier molecular flexibility index (Phi) is 5.73. The fourth-order valence-electron chi connectivity index (χ4n) is 4.07. The van der Waals surface area contributed by atoms with Crippen molar-refractivity contribution in [2.24, 2.45) is 5.92 Å². The standard InChI is InChI=1S/C23H26N2O3/c1-13-5-6-18(24-11-13)12-25-20(27)10-17-9-19(26)22(23(17)28)21-15(3)7-14(2)8-16(21)4/h5-8,11,17,22H,9-10,12H2,1-4H3,(H,25,27). The number of nitrogens with one attached hydrogen (secondary N) is 1. The average molecular weight is 378 g/mol. The maximum Gasteiger partial charge on any atom is 0.221 e. The van der Waals surface area contributed by atoms with Crippen LogP contribution in [0.4, 0.5) is 0 Å². The van der Waals surface area contributed by atoms with Crippen molar-refractivity contribution in [3.05, 3.63) is 64.0 Å². The predicted molar refractivity (Wildman–Crippen MR) is 107 cm³/mol. The van der Waals surface area contributed by atoms with E-state index in [1.807, 2.05) is 52.0 Å². The van der Waals surface area contributed by atoms with Gasteiger partial charge >= 0.3 is 0 Å². The van der Waals surface area contributed by atoms with Gasteiger partial charge in [0.05, 0.1) is 12.2 Å². The highest BCUT2D eigenvalue weighted by molar-refractivity contribution is 6.15. The Morgan fingerprint density at radius 1 is 1.07 bits per heavy atom. The lowest BCUT2D eigenvalue weighted by atomic mass is 9.86. The summed E-state index contributed by atoms with van der Waals surface area (Å²) in [6, 6.07) is 7.79. The molecule has 1 aliphatic carbocycles. The minimum Gasteiger partial charge on any atom is -0.350 e. The maximum atomic E-state index is 12.9. The van der Waals surface area contributed by atoms with Gasteiger partial charge in [-0.1, -0.05) is 23.8 Å². The van der Waals surface area contributed by atoms with Crippen molar-refractivity contribution in [3.8, 4) is 0 Å². The van der Waals surface area contributed by atoms with Crippen LogP contribution in [0.3, 0.4) is 0 Å².